The number of nitrogens with one attached hydrogen (secondary N) is 2. The lowest BCUT2D eigenvalue weighted by atomic mass is 10.0. The van der Waals surface area contributed by atoms with Crippen LogP contribution < -0.4 is 19.9 Å². The zero-order chi connectivity index (χ0) is 21.6. The SMILES string of the molecule is Cc1ccc([C@@H](C[NH+]2CCOCC2)NC(=O)CN2C(=O)CCOc3ccccc32)cc1. The zero-order valence-electron chi connectivity index (χ0n) is 17.9. The van der Waals surface area contributed by atoms with Crippen molar-refractivity contribution in [2.75, 3.05) is 50.9 Å². The van der Waals surface area contributed by atoms with Crippen molar-refractivity contribution < 1.29 is 24.0 Å². The second-order valence-electron chi connectivity index (χ2n) is 8.14. The minimum absolute atomic E-state index is 0.0278. The molecule has 1 saturated heterocycles. The number of nitrogens with zero attached hydrogens (tertiary/aromatic N) is 1. The van der Waals surface area contributed by atoms with Crippen LogP contribution in [0.3, 0.4) is 0 Å². The highest BCUT2D eigenvalue weighted by Crippen LogP contribution is 2.30. The van der Waals surface area contributed by atoms with E-state index in [0.29, 0.717) is 18.0 Å². The Kier molecular flexibility index (Phi) is 6.84. The van der Waals surface area contributed by atoms with Crippen LogP contribution in [0.25, 0.3) is 0 Å². The molecule has 0 saturated carbocycles. The first kappa shape index (κ1) is 21.3. The van der Waals surface area contributed by atoms with E-state index >= 15 is 0 Å². The Morgan fingerprint density at radius 3 is 2.61 bits per heavy atom. The Hall–Kier alpha value is -2.90. The topological polar surface area (TPSA) is 72.3 Å². The van der Waals surface area contributed by atoms with Gasteiger partial charge in [0.05, 0.1) is 31.9 Å². The lowest BCUT2D eigenvalue weighted by molar-refractivity contribution is -0.909. The molecule has 0 radical (unpaired) electrons. The monoisotopic (exact) mass is 424 g/mol. The van der Waals surface area contributed by atoms with Gasteiger partial charge in [-0.1, -0.05) is 42.0 Å². The molecule has 0 spiro atoms. The molecule has 2 aromatic carbocycles. The third kappa shape index (κ3) is 5.42. The molecule has 7 nitrogen and oxygen atoms in total. The number of para-hydroxylation sites is 2. The summed E-state index contributed by atoms with van der Waals surface area (Å²) in [6.07, 6.45) is 0.251. The summed E-state index contributed by atoms with van der Waals surface area (Å²) in [7, 11) is 0. The normalized spacial score (nSPS) is 18.0. The number of carbonyl (C=O) groups excluding carboxylic acids is 2. The molecule has 0 bridgehead atoms. The first-order chi connectivity index (χ1) is 15.1. The molecule has 2 aliphatic heterocycles. The second kappa shape index (κ2) is 9.94. The van der Waals surface area contributed by atoms with Gasteiger partial charge < -0.3 is 19.7 Å². The lowest BCUT2D eigenvalue weighted by Gasteiger charge is -2.29. The van der Waals surface area contributed by atoms with Gasteiger partial charge in [-0.3, -0.25) is 14.5 Å². The highest BCUT2D eigenvalue weighted by Gasteiger charge is 2.28. The number of carbonyl (C=O) groups is 2. The largest absolute Gasteiger partial charge is 0.491 e. The van der Waals surface area contributed by atoms with E-state index in [-0.39, 0.29) is 30.8 Å². The Balaban J connectivity index is 1.50. The van der Waals surface area contributed by atoms with Gasteiger partial charge in [0.2, 0.25) is 11.8 Å². The Labute approximate surface area is 182 Å². The van der Waals surface area contributed by atoms with Crippen molar-refractivity contribution in [3.63, 3.8) is 0 Å². The molecule has 164 valence electrons. The number of ether oxygens (including phenoxy) is 2. The number of fused-ring (bicyclic) bond motifs is 1. The van der Waals surface area contributed by atoms with Crippen LogP contribution >= 0.6 is 0 Å². The molecule has 2 heterocycles. The lowest BCUT2D eigenvalue weighted by Crippen LogP contribution is -3.14. The predicted octanol–water partition coefficient (Wildman–Crippen LogP) is 0.883. The maximum absolute atomic E-state index is 13.1. The number of aryl methyl sites for hydroxylation is 1. The average molecular weight is 425 g/mol. The van der Waals surface area contributed by atoms with Gasteiger partial charge in [-0.15, -0.1) is 0 Å². The van der Waals surface area contributed by atoms with E-state index in [2.05, 4.69) is 36.5 Å². The van der Waals surface area contributed by atoms with Gasteiger partial charge in [-0.2, -0.15) is 0 Å². The molecular formula is C24H30N3O4+. The van der Waals surface area contributed by atoms with Crippen LogP contribution in [0.4, 0.5) is 5.69 Å². The third-order valence-corrected chi connectivity index (χ3v) is 5.84. The number of quaternary nitrogens is 1. The molecular weight excluding hydrogens is 394 g/mol. The van der Waals surface area contributed by atoms with E-state index < -0.39 is 0 Å². The van der Waals surface area contributed by atoms with Crippen molar-refractivity contribution in [1.29, 1.82) is 0 Å². The van der Waals surface area contributed by atoms with E-state index in [0.717, 1.165) is 38.4 Å². The molecule has 31 heavy (non-hydrogen) atoms. The summed E-state index contributed by atoms with van der Waals surface area (Å²) in [5.41, 5.74) is 2.90. The highest BCUT2D eigenvalue weighted by atomic mass is 16.5. The van der Waals surface area contributed by atoms with Crippen molar-refractivity contribution >= 4 is 17.5 Å². The number of morpholine rings is 1. The van der Waals surface area contributed by atoms with Gasteiger partial charge in [-0.05, 0) is 24.6 Å². The Morgan fingerprint density at radius 2 is 1.84 bits per heavy atom. The molecule has 0 aromatic heterocycles. The molecule has 2 aliphatic rings. The number of rotatable bonds is 6. The van der Waals surface area contributed by atoms with Crippen LogP contribution in [0.5, 0.6) is 5.75 Å². The van der Waals surface area contributed by atoms with Crippen molar-refractivity contribution in [2.45, 2.75) is 19.4 Å². The summed E-state index contributed by atoms with van der Waals surface area (Å²) in [5.74, 6) is 0.350. The summed E-state index contributed by atoms with van der Waals surface area (Å²) in [6, 6.07) is 15.5. The minimum atomic E-state index is -0.178. The van der Waals surface area contributed by atoms with Crippen molar-refractivity contribution in [3.05, 3.63) is 59.7 Å². The standard InChI is InChI=1S/C24H29N3O4/c1-18-6-8-19(9-7-18)20(16-26-11-14-30-15-12-26)25-23(28)17-27-21-4-2-3-5-22(21)31-13-10-24(27)29/h2-9,20H,10-17H2,1H3,(H,25,28)/p+1/t20-/m1/s1. The van der Waals surface area contributed by atoms with Gasteiger partial charge in [0.25, 0.3) is 0 Å². The molecule has 2 aromatic rings. The number of benzene rings is 2. The van der Waals surface area contributed by atoms with Crippen LogP contribution in [-0.4, -0.2) is 57.8 Å². The number of hydrogen-bond acceptors (Lipinski definition) is 4. The Morgan fingerprint density at radius 1 is 1.10 bits per heavy atom. The Bertz CT molecular complexity index is 909. The van der Waals surface area contributed by atoms with Crippen LogP contribution in [-0.2, 0) is 14.3 Å². The van der Waals surface area contributed by atoms with E-state index in [4.69, 9.17) is 9.47 Å². The maximum atomic E-state index is 13.1. The van der Waals surface area contributed by atoms with Crippen molar-refractivity contribution in [3.8, 4) is 5.75 Å². The third-order valence-electron chi connectivity index (χ3n) is 5.84. The molecule has 1 atom stereocenters. The maximum Gasteiger partial charge on any atom is 0.240 e. The molecule has 0 unspecified atom stereocenters. The van der Waals surface area contributed by atoms with Gasteiger partial charge in [0, 0.05) is 0 Å². The van der Waals surface area contributed by atoms with Crippen LogP contribution in [0.1, 0.15) is 23.6 Å². The van der Waals surface area contributed by atoms with Crippen LogP contribution in [0.15, 0.2) is 48.5 Å². The summed E-state index contributed by atoms with van der Waals surface area (Å²) in [4.78, 5) is 28.7. The van der Waals surface area contributed by atoms with Gasteiger partial charge >= 0.3 is 0 Å². The molecule has 7 heteroatoms. The zero-order valence-corrected chi connectivity index (χ0v) is 17.9. The number of amides is 2. The van der Waals surface area contributed by atoms with Gasteiger partial charge in [0.15, 0.2) is 0 Å². The molecule has 2 N–H and O–H groups in total. The van der Waals surface area contributed by atoms with Gasteiger partial charge in [-0.25, -0.2) is 0 Å². The van der Waals surface area contributed by atoms with E-state index in [1.165, 1.54) is 15.4 Å². The predicted molar refractivity (Wildman–Crippen MR) is 117 cm³/mol. The first-order valence-corrected chi connectivity index (χ1v) is 10.9. The quantitative estimate of drug-likeness (QED) is 0.722. The minimum Gasteiger partial charge on any atom is -0.491 e. The summed E-state index contributed by atoms with van der Waals surface area (Å²) >= 11 is 0. The fraction of sp³-hybridized carbons (Fsp3) is 0.417. The summed E-state index contributed by atoms with van der Waals surface area (Å²) in [6.45, 7) is 6.45. The summed E-state index contributed by atoms with van der Waals surface area (Å²) in [5, 5.41) is 3.18. The highest BCUT2D eigenvalue weighted by molar-refractivity contribution is 6.00. The van der Waals surface area contributed by atoms with Crippen LogP contribution in [0.2, 0.25) is 0 Å². The fourth-order valence-electron chi connectivity index (χ4n) is 4.08. The number of hydrogen-bond donors (Lipinski definition) is 2. The fourth-order valence-corrected chi connectivity index (χ4v) is 4.08. The van der Waals surface area contributed by atoms with Crippen LogP contribution in [0, 0.1) is 6.92 Å². The molecule has 1 fully saturated rings. The summed E-state index contributed by atoms with van der Waals surface area (Å²) < 4.78 is 11.2. The average Bonchev–Trinajstić information content (AvgIpc) is 2.93. The molecule has 2 amide bonds. The first-order valence-electron chi connectivity index (χ1n) is 10.9. The van der Waals surface area contributed by atoms with E-state index in [1.54, 1.807) is 0 Å². The van der Waals surface area contributed by atoms with E-state index in [9.17, 15) is 9.59 Å². The van der Waals surface area contributed by atoms with E-state index in [1.807, 2.05) is 24.3 Å². The van der Waals surface area contributed by atoms with Gasteiger partial charge in [0.1, 0.15) is 38.0 Å². The van der Waals surface area contributed by atoms with Crippen molar-refractivity contribution in [2.24, 2.45) is 0 Å². The molecule has 0 aliphatic carbocycles. The number of anilines is 1. The van der Waals surface area contributed by atoms with Crippen molar-refractivity contribution in [1.82, 2.24) is 5.32 Å². The second-order valence-corrected chi connectivity index (χ2v) is 8.14. The smallest absolute Gasteiger partial charge is 0.240 e. The molecule has 4 rings (SSSR count).